The fourth-order valence-electron chi connectivity index (χ4n) is 1.65. The van der Waals surface area contributed by atoms with Gasteiger partial charge < -0.3 is 0 Å². The summed E-state index contributed by atoms with van der Waals surface area (Å²) in [6.45, 7) is 11.3. The second kappa shape index (κ2) is 4.36. The first kappa shape index (κ1) is 10.9. The summed E-state index contributed by atoms with van der Waals surface area (Å²) >= 11 is 2.01. The van der Waals surface area contributed by atoms with Gasteiger partial charge in [-0.25, -0.2) is 0 Å². The van der Waals surface area contributed by atoms with Gasteiger partial charge in [0.15, 0.2) is 0 Å². The Balaban J connectivity index is 2.89. The van der Waals surface area contributed by atoms with Crippen molar-refractivity contribution in [1.82, 2.24) is 0 Å². The Morgan fingerprint density at radius 3 is 2.15 bits per heavy atom. The van der Waals surface area contributed by atoms with E-state index in [2.05, 4.69) is 40.7 Å². The van der Waals surface area contributed by atoms with Crippen LogP contribution in [0.4, 0.5) is 0 Å². The SMILES string of the molecule is C/C=C(\C1=C(C(C)C)CS1)C(C)C. The third-order valence-electron chi connectivity index (χ3n) is 2.56. The van der Waals surface area contributed by atoms with Crippen molar-refractivity contribution >= 4 is 11.8 Å². The smallest absolute Gasteiger partial charge is 0.0207 e. The summed E-state index contributed by atoms with van der Waals surface area (Å²) in [6, 6.07) is 0. The lowest BCUT2D eigenvalue weighted by molar-refractivity contribution is 0.738. The molecule has 0 bridgehead atoms. The summed E-state index contributed by atoms with van der Waals surface area (Å²) in [7, 11) is 0. The molecule has 1 heterocycles. The van der Waals surface area contributed by atoms with Gasteiger partial charge in [0, 0.05) is 10.7 Å². The first-order chi connectivity index (χ1) is 6.07. The quantitative estimate of drug-likeness (QED) is 0.650. The van der Waals surface area contributed by atoms with Crippen LogP contribution in [0.1, 0.15) is 34.6 Å². The molecular weight excluding hydrogens is 176 g/mol. The summed E-state index contributed by atoms with van der Waals surface area (Å²) in [6.07, 6.45) is 2.27. The Hall–Kier alpha value is -0.170. The van der Waals surface area contributed by atoms with Crippen LogP contribution in [0.5, 0.6) is 0 Å². The predicted octanol–water partition coefficient (Wildman–Crippen LogP) is 4.25. The van der Waals surface area contributed by atoms with E-state index in [-0.39, 0.29) is 0 Å². The second-order valence-corrected chi connectivity index (χ2v) is 5.18. The van der Waals surface area contributed by atoms with E-state index in [9.17, 15) is 0 Å². The second-order valence-electron chi connectivity index (χ2n) is 4.20. The molecule has 1 aliphatic rings. The van der Waals surface area contributed by atoms with E-state index in [1.807, 2.05) is 11.8 Å². The molecule has 0 N–H and O–H groups in total. The van der Waals surface area contributed by atoms with Gasteiger partial charge in [-0.15, -0.1) is 11.8 Å². The Morgan fingerprint density at radius 1 is 1.31 bits per heavy atom. The van der Waals surface area contributed by atoms with Crippen molar-refractivity contribution < 1.29 is 0 Å². The molecule has 0 aliphatic carbocycles. The van der Waals surface area contributed by atoms with Crippen molar-refractivity contribution in [2.24, 2.45) is 11.8 Å². The van der Waals surface area contributed by atoms with Crippen molar-refractivity contribution in [2.75, 3.05) is 5.75 Å². The Labute approximate surface area is 86.5 Å². The van der Waals surface area contributed by atoms with Crippen LogP contribution in [0, 0.1) is 11.8 Å². The van der Waals surface area contributed by atoms with Crippen LogP contribution in [0.2, 0.25) is 0 Å². The van der Waals surface area contributed by atoms with Crippen molar-refractivity contribution in [3.05, 3.63) is 22.1 Å². The van der Waals surface area contributed by atoms with Crippen LogP contribution in [-0.2, 0) is 0 Å². The zero-order chi connectivity index (χ0) is 10.0. The molecule has 0 saturated heterocycles. The zero-order valence-corrected chi connectivity index (χ0v) is 10.2. The molecule has 13 heavy (non-hydrogen) atoms. The molecule has 1 aliphatic heterocycles. The fourth-order valence-corrected chi connectivity index (χ4v) is 3.20. The van der Waals surface area contributed by atoms with Gasteiger partial charge in [-0.1, -0.05) is 33.8 Å². The summed E-state index contributed by atoms with van der Waals surface area (Å²) < 4.78 is 0. The molecule has 0 aromatic heterocycles. The molecular formula is C12H20S. The standard InChI is InChI=1S/C12H20S/c1-6-10(8(2)3)12-11(7-13-12)9(4)5/h6,8-9H,7H2,1-5H3/b10-6-. The molecule has 0 amide bonds. The first-order valence-corrected chi connectivity index (χ1v) is 6.08. The first-order valence-electron chi connectivity index (χ1n) is 5.10. The number of rotatable bonds is 3. The number of thioether (sulfide) groups is 1. The van der Waals surface area contributed by atoms with Crippen LogP contribution in [0.15, 0.2) is 22.1 Å². The lowest BCUT2D eigenvalue weighted by Crippen LogP contribution is -2.13. The van der Waals surface area contributed by atoms with E-state index in [1.54, 1.807) is 16.1 Å². The summed E-state index contributed by atoms with van der Waals surface area (Å²) in [5.74, 6) is 2.64. The highest BCUT2D eigenvalue weighted by Gasteiger charge is 2.24. The average Bonchev–Trinajstić information content (AvgIpc) is 1.95. The Bertz CT molecular complexity index is 244. The molecule has 74 valence electrons. The number of hydrogen-bond donors (Lipinski definition) is 0. The number of allylic oxidation sites excluding steroid dienone is 2. The highest BCUT2D eigenvalue weighted by Crippen LogP contribution is 2.44. The van der Waals surface area contributed by atoms with Crippen LogP contribution >= 0.6 is 11.8 Å². The highest BCUT2D eigenvalue weighted by atomic mass is 32.2. The summed E-state index contributed by atoms with van der Waals surface area (Å²) in [5, 5.41) is 0. The molecule has 0 radical (unpaired) electrons. The molecule has 1 heteroatoms. The molecule has 0 saturated carbocycles. The Morgan fingerprint density at radius 2 is 1.92 bits per heavy atom. The lowest BCUT2D eigenvalue weighted by Gasteiger charge is -2.29. The lowest BCUT2D eigenvalue weighted by atomic mass is 9.95. The molecule has 0 spiro atoms. The van der Waals surface area contributed by atoms with Crippen molar-refractivity contribution in [1.29, 1.82) is 0 Å². The van der Waals surface area contributed by atoms with Gasteiger partial charge in [-0.3, -0.25) is 0 Å². The van der Waals surface area contributed by atoms with E-state index in [0.717, 1.165) is 5.92 Å². The third kappa shape index (κ3) is 2.19. The van der Waals surface area contributed by atoms with Gasteiger partial charge in [0.2, 0.25) is 0 Å². The average molecular weight is 196 g/mol. The van der Waals surface area contributed by atoms with Gasteiger partial charge in [0.1, 0.15) is 0 Å². The molecule has 0 nitrogen and oxygen atoms in total. The van der Waals surface area contributed by atoms with Gasteiger partial charge in [-0.2, -0.15) is 0 Å². The maximum Gasteiger partial charge on any atom is 0.0207 e. The molecule has 0 fully saturated rings. The van der Waals surface area contributed by atoms with E-state index >= 15 is 0 Å². The molecule has 0 atom stereocenters. The van der Waals surface area contributed by atoms with E-state index in [0.29, 0.717) is 5.92 Å². The minimum absolute atomic E-state index is 0.668. The summed E-state index contributed by atoms with van der Waals surface area (Å²) in [5.41, 5.74) is 3.20. The maximum absolute atomic E-state index is 2.29. The van der Waals surface area contributed by atoms with Crippen molar-refractivity contribution in [3.8, 4) is 0 Å². The van der Waals surface area contributed by atoms with Gasteiger partial charge in [0.05, 0.1) is 0 Å². The van der Waals surface area contributed by atoms with Gasteiger partial charge >= 0.3 is 0 Å². The topological polar surface area (TPSA) is 0 Å². The van der Waals surface area contributed by atoms with Gasteiger partial charge in [0.25, 0.3) is 0 Å². The molecule has 0 aromatic carbocycles. The minimum atomic E-state index is 0.668. The normalized spacial score (nSPS) is 18.5. The van der Waals surface area contributed by atoms with Crippen molar-refractivity contribution in [2.45, 2.75) is 34.6 Å². The predicted molar refractivity (Wildman–Crippen MR) is 62.9 cm³/mol. The maximum atomic E-state index is 2.29. The van der Waals surface area contributed by atoms with Crippen LogP contribution < -0.4 is 0 Å². The van der Waals surface area contributed by atoms with E-state index in [4.69, 9.17) is 0 Å². The van der Waals surface area contributed by atoms with Crippen LogP contribution in [0.25, 0.3) is 0 Å². The zero-order valence-electron chi connectivity index (χ0n) is 9.35. The Kier molecular flexibility index (Phi) is 3.66. The minimum Gasteiger partial charge on any atom is -0.121 e. The monoisotopic (exact) mass is 196 g/mol. The highest BCUT2D eigenvalue weighted by molar-refractivity contribution is 8.04. The van der Waals surface area contributed by atoms with Gasteiger partial charge in [-0.05, 0) is 29.9 Å². The molecule has 0 aromatic rings. The van der Waals surface area contributed by atoms with Crippen molar-refractivity contribution in [3.63, 3.8) is 0 Å². The van der Waals surface area contributed by atoms with Crippen LogP contribution in [0.3, 0.4) is 0 Å². The fraction of sp³-hybridized carbons (Fsp3) is 0.667. The van der Waals surface area contributed by atoms with Crippen LogP contribution in [-0.4, -0.2) is 5.75 Å². The van der Waals surface area contributed by atoms with E-state index in [1.165, 1.54) is 5.75 Å². The van der Waals surface area contributed by atoms with E-state index < -0.39 is 0 Å². The third-order valence-corrected chi connectivity index (χ3v) is 3.80. The number of hydrogen-bond acceptors (Lipinski definition) is 1. The summed E-state index contributed by atoms with van der Waals surface area (Å²) in [4.78, 5) is 1.58. The molecule has 0 unspecified atom stereocenters. The molecule has 1 rings (SSSR count). The largest absolute Gasteiger partial charge is 0.121 e.